The highest BCUT2D eigenvalue weighted by Crippen LogP contribution is 2.29. The lowest BCUT2D eigenvalue weighted by atomic mass is 9.91. The summed E-state index contributed by atoms with van der Waals surface area (Å²) in [5, 5.41) is 9.04. The average Bonchev–Trinajstić information content (AvgIpc) is 2.73. The van der Waals surface area contributed by atoms with Crippen molar-refractivity contribution in [1.82, 2.24) is 10.9 Å². The van der Waals surface area contributed by atoms with Gasteiger partial charge in [0.25, 0.3) is 0 Å². The molecule has 1 heterocycles. The Balaban J connectivity index is 2.10. The Hall–Kier alpha value is -1.59. The van der Waals surface area contributed by atoms with Crippen LogP contribution in [0.15, 0.2) is 24.3 Å². The first-order valence-corrected chi connectivity index (χ1v) is 6.10. The zero-order valence-corrected chi connectivity index (χ0v) is 10.5. The van der Waals surface area contributed by atoms with Crippen molar-refractivity contribution in [3.8, 4) is 5.75 Å². The predicted octanol–water partition coefficient (Wildman–Crippen LogP) is 1.32. The van der Waals surface area contributed by atoms with Crippen LogP contribution in [-0.2, 0) is 4.79 Å². The molecule has 2 rings (SSSR count). The van der Waals surface area contributed by atoms with E-state index in [0.29, 0.717) is 6.61 Å². The summed E-state index contributed by atoms with van der Waals surface area (Å²) in [6.07, 6.45) is 0. The van der Waals surface area contributed by atoms with Gasteiger partial charge in [0.15, 0.2) is 0 Å². The molecule has 3 atom stereocenters. The van der Waals surface area contributed by atoms with Gasteiger partial charge in [-0.3, -0.25) is 4.79 Å². The van der Waals surface area contributed by atoms with Crippen LogP contribution < -0.4 is 15.6 Å². The second-order valence-electron chi connectivity index (χ2n) is 4.44. The first kappa shape index (κ1) is 12.9. The second kappa shape index (κ2) is 5.37. The summed E-state index contributed by atoms with van der Waals surface area (Å²) in [5.41, 5.74) is 6.90. The van der Waals surface area contributed by atoms with Gasteiger partial charge in [-0.1, -0.05) is 19.1 Å². The maximum Gasteiger partial charge on any atom is 0.322 e. The molecule has 1 aliphatic heterocycles. The quantitative estimate of drug-likeness (QED) is 0.752. The molecule has 0 spiro atoms. The molecule has 1 saturated heterocycles. The minimum atomic E-state index is -0.830. The molecular weight excluding hydrogens is 232 g/mol. The van der Waals surface area contributed by atoms with Crippen LogP contribution in [0.1, 0.15) is 25.5 Å². The number of carbonyl (C=O) groups is 1. The lowest BCUT2D eigenvalue weighted by Gasteiger charge is -2.16. The van der Waals surface area contributed by atoms with E-state index in [1.165, 1.54) is 0 Å². The van der Waals surface area contributed by atoms with Gasteiger partial charge < -0.3 is 9.84 Å². The first-order valence-electron chi connectivity index (χ1n) is 6.10. The van der Waals surface area contributed by atoms with Crippen molar-refractivity contribution in [3.63, 3.8) is 0 Å². The fraction of sp³-hybridized carbons (Fsp3) is 0.462. The summed E-state index contributed by atoms with van der Waals surface area (Å²) >= 11 is 0. The zero-order valence-electron chi connectivity index (χ0n) is 10.5. The molecular formula is C13H18N2O3. The van der Waals surface area contributed by atoms with Crippen molar-refractivity contribution in [2.45, 2.75) is 25.9 Å². The second-order valence-corrected chi connectivity index (χ2v) is 4.44. The fourth-order valence-electron chi connectivity index (χ4n) is 2.25. The third-order valence-electron chi connectivity index (χ3n) is 3.26. The van der Waals surface area contributed by atoms with E-state index in [1.54, 1.807) is 0 Å². The van der Waals surface area contributed by atoms with Crippen LogP contribution in [0.25, 0.3) is 0 Å². The van der Waals surface area contributed by atoms with Crippen molar-refractivity contribution in [2.75, 3.05) is 6.61 Å². The minimum Gasteiger partial charge on any atom is -0.494 e. The Bertz CT molecular complexity index is 419. The van der Waals surface area contributed by atoms with E-state index in [9.17, 15) is 4.79 Å². The SMILES string of the molecule is CCOc1ccc(C2NNC(C(=O)O)C2C)cc1. The highest BCUT2D eigenvalue weighted by molar-refractivity contribution is 5.74. The van der Waals surface area contributed by atoms with E-state index in [2.05, 4.69) is 10.9 Å². The van der Waals surface area contributed by atoms with E-state index >= 15 is 0 Å². The Morgan fingerprint density at radius 1 is 1.33 bits per heavy atom. The summed E-state index contributed by atoms with van der Waals surface area (Å²) in [6, 6.07) is 7.18. The summed E-state index contributed by atoms with van der Waals surface area (Å²) in [4.78, 5) is 11.0. The van der Waals surface area contributed by atoms with Crippen LogP contribution in [0, 0.1) is 5.92 Å². The van der Waals surface area contributed by atoms with Crippen molar-refractivity contribution in [2.24, 2.45) is 5.92 Å². The number of carboxylic acid groups (broad SMARTS) is 1. The van der Waals surface area contributed by atoms with Gasteiger partial charge in [0.1, 0.15) is 11.8 Å². The van der Waals surface area contributed by atoms with Crippen LogP contribution in [0.4, 0.5) is 0 Å². The fourth-order valence-corrected chi connectivity index (χ4v) is 2.25. The molecule has 1 aromatic carbocycles. The number of benzene rings is 1. The molecule has 0 amide bonds. The number of hydrogen-bond donors (Lipinski definition) is 3. The van der Waals surface area contributed by atoms with Gasteiger partial charge in [-0.25, -0.2) is 10.9 Å². The van der Waals surface area contributed by atoms with Crippen LogP contribution in [0.3, 0.4) is 0 Å². The van der Waals surface area contributed by atoms with E-state index in [1.807, 2.05) is 38.1 Å². The predicted molar refractivity (Wildman–Crippen MR) is 67.2 cm³/mol. The third-order valence-corrected chi connectivity index (χ3v) is 3.26. The van der Waals surface area contributed by atoms with Crippen molar-refractivity contribution in [1.29, 1.82) is 0 Å². The maximum atomic E-state index is 11.0. The third kappa shape index (κ3) is 2.47. The lowest BCUT2D eigenvalue weighted by Crippen LogP contribution is -2.37. The Kier molecular flexibility index (Phi) is 3.84. The number of nitrogens with one attached hydrogen (secondary N) is 2. The molecule has 5 nitrogen and oxygen atoms in total. The molecule has 98 valence electrons. The highest BCUT2D eigenvalue weighted by atomic mass is 16.5. The number of hydrogen-bond acceptors (Lipinski definition) is 4. The number of hydrazine groups is 1. The molecule has 1 aliphatic rings. The minimum absolute atomic E-state index is 0.00164. The van der Waals surface area contributed by atoms with Crippen LogP contribution in [0.5, 0.6) is 5.75 Å². The average molecular weight is 250 g/mol. The molecule has 0 aromatic heterocycles. The van der Waals surface area contributed by atoms with Gasteiger partial charge in [0.2, 0.25) is 0 Å². The number of carboxylic acids is 1. The van der Waals surface area contributed by atoms with Gasteiger partial charge in [0.05, 0.1) is 12.6 Å². The molecule has 1 fully saturated rings. The molecule has 3 N–H and O–H groups in total. The highest BCUT2D eigenvalue weighted by Gasteiger charge is 2.37. The van der Waals surface area contributed by atoms with Crippen LogP contribution in [0.2, 0.25) is 0 Å². The van der Waals surface area contributed by atoms with Gasteiger partial charge in [-0.05, 0) is 24.6 Å². The molecule has 0 bridgehead atoms. The van der Waals surface area contributed by atoms with E-state index in [-0.39, 0.29) is 12.0 Å². The van der Waals surface area contributed by atoms with Gasteiger partial charge in [-0.15, -0.1) is 0 Å². The van der Waals surface area contributed by atoms with E-state index in [0.717, 1.165) is 11.3 Å². The molecule has 1 aromatic rings. The van der Waals surface area contributed by atoms with Crippen LogP contribution >= 0.6 is 0 Å². The van der Waals surface area contributed by atoms with Gasteiger partial charge in [-0.2, -0.15) is 0 Å². The standard InChI is InChI=1S/C13H18N2O3/c1-3-18-10-6-4-9(5-7-10)11-8(2)12(13(16)17)15-14-11/h4-8,11-12,14-15H,3H2,1-2H3,(H,16,17). The largest absolute Gasteiger partial charge is 0.494 e. The number of aliphatic carboxylic acids is 1. The molecule has 0 aliphatic carbocycles. The molecule has 18 heavy (non-hydrogen) atoms. The number of rotatable bonds is 4. The zero-order chi connectivity index (χ0) is 13.1. The normalized spacial score (nSPS) is 27.1. The van der Waals surface area contributed by atoms with Crippen molar-refractivity contribution < 1.29 is 14.6 Å². The van der Waals surface area contributed by atoms with E-state index in [4.69, 9.17) is 9.84 Å². The topological polar surface area (TPSA) is 70.6 Å². The first-order chi connectivity index (χ1) is 8.63. The summed E-state index contributed by atoms with van der Waals surface area (Å²) < 4.78 is 5.38. The van der Waals surface area contributed by atoms with Crippen molar-refractivity contribution >= 4 is 5.97 Å². The smallest absolute Gasteiger partial charge is 0.322 e. The summed E-state index contributed by atoms with van der Waals surface area (Å²) in [5.74, 6) is -0.0153. The Morgan fingerprint density at radius 3 is 2.50 bits per heavy atom. The summed E-state index contributed by atoms with van der Waals surface area (Å²) in [6.45, 7) is 4.50. The molecule has 5 heteroatoms. The molecule has 3 unspecified atom stereocenters. The monoisotopic (exact) mass is 250 g/mol. The summed E-state index contributed by atoms with van der Waals surface area (Å²) in [7, 11) is 0. The van der Waals surface area contributed by atoms with E-state index < -0.39 is 12.0 Å². The van der Waals surface area contributed by atoms with Crippen LogP contribution in [-0.4, -0.2) is 23.7 Å². The van der Waals surface area contributed by atoms with Gasteiger partial charge in [0, 0.05) is 5.92 Å². The Labute approximate surface area is 106 Å². The number of ether oxygens (including phenoxy) is 1. The van der Waals surface area contributed by atoms with Gasteiger partial charge >= 0.3 is 5.97 Å². The molecule has 0 saturated carbocycles. The lowest BCUT2D eigenvalue weighted by molar-refractivity contribution is -0.140. The van der Waals surface area contributed by atoms with Crippen molar-refractivity contribution in [3.05, 3.63) is 29.8 Å². The molecule has 0 radical (unpaired) electrons. The Morgan fingerprint density at radius 2 is 2.00 bits per heavy atom. The maximum absolute atomic E-state index is 11.0.